The van der Waals surface area contributed by atoms with Gasteiger partial charge in [-0.25, -0.2) is 4.89 Å². The molecule has 0 radical (unpaired) electrons. The lowest BCUT2D eigenvalue weighted by atomic mass is 9.67. The summed E-state index contributed by atoms with van der Waals surface area (Å²) in [7, 11) is 0. The van der Waals surface area contributed by atoms with E-state index >= 15 is 0 Å². The minimum Gasteiger partial charge on any atom is -0.252 e. The zero-order valence-corrected chi connectivity index (χ0v) is 8.41. The summed E-state index contributed by atoms with van der Waals surface area (Å²) in [5, 5.41) is 8.65. The van der Waals surface area contributed by atoms with Gasteiger partial charge in [0.2, 0.25) is 0 Å². The monoisotopic (exact) mass is 184 g/mol. The Kier molecular flexibility index (Phi) is 2.89. The predicted molar refractivity (Wildman–Crippen MR) is 51.3 cm³/mol. The third-order valence-corrected chi connectivity index (χ3v) is 3.98. The second kappa shape index (κ2) is 3.97. The van der Waals surface area contributed by atoms with Crippen molar-refractivity contribution in [3.63, 3.8) is 0 Å². The first-order valence-corrected chi connectivity index (χ1v) is 5.59. The highest BCUT2D eigenvalue weighted by molar-refractivity contribution is 4.85. The molecule has 4 atom stereocenters. The molecular weight excluding hydrogens is 164 g/mol. The zero-order valence-electron chi connectivity index (χ0n) is 8.41. The fourth-order valence-corrected chi connectivity index (χ4v) is 3.18. The first kappa shape index (κ1) is 9.47. The average molecular weight is 184 g/mol. The fraction of sp³-hybridized carbons (Fsp3) is 1.00. The summed E-state index contributed by atoms with van der Waals surface area (Å²) in [6.07, 6.45) is 7.71. The van der Waals surface area contributed by atoms with E-state index in [0.717, 1.165) is 30.6 Å². The Labute approximate surface area is 80.2 Å². The molecule has 0 aromatic heterocycles. The lowest BCUT2D eigenvalue weighted by molar-refractivity contribution is -0.289. The molecule has 0 amide bonds. The number of hydrogen-bond acceptors (Lipinski definition) is 2. The van der Waals surface area contributed by atoms with E-state index in [4.69, 9.17) is 5.26 Å². The van der Waals surface area contributed by atoms with Gasteiger partial charge in [0, 0.05) is 0 Å². The minimum atomic E-state index is 0.131. The maximum absolute atomic E-state index is 8.65. The molecule has 13 heavy (non-hydrogen) atoms. The van der Waals surface area contributed by atoms with Crippen LogP contribution in [0, 0.1) is 17.8 Å². The number of hydrogen-bond donors (Lipinski definition) is 1. The molecule has 2 aliphatic carbocycles. The molecule has 4 unspecified atom stereocenters. The van der Waals surface area contributed by atoms with E-state index in [1.54, 1.807) is 0 Å². The van der Waals surface area contributed by atoms with Gasteiger partial charge >= 0.3 is 0 Å². The van der Waals surface area contributed by atoms with Gasteiger partial charge in [0.15, 0.2) is 0 Å². The smallest absolute Gasteiger partial charge is 0.0930 e. The van der Waals surface area contributed by atoms with Crippen LogP contribution < -0.4 is 0 Å². The average Bonchev–Trinajstić information content (AvgIpc) is 2.16. The van der Waals surface area contributed by atoms with Gasteiger partial charge in [-0.3, -0.25) is 5.26 Å². The molecule has 0 heterocycles. The molecule has 2 heteroatoms. The highest BCUT2D eigenvalue weighted by atomic mass is 17.1. The van der Waals surface area contributed by atoms with Gasteiger partial charge in [-0.2, -0.15) is 0 Å². The Balaban J connectivity index is 1.91. The third kappa shape index (κ3) is 2.05. The van der Waals surface area contributed by atoms with E-state index in [9.17, 15) is 0 Å². The van der Waals surface area contributed by atoms with E-state index in [1.165, 1.54) is 25.7 Å². The van der Waals surface area contributed by atoms with Gasteiger partial charge in [-0.05, 0) is 49.9 Å². The maximum Gasteiger partial charge on any atom is 0.0930 e. The summed E-state index contributed by atoms with van der Waals surface area (Å²) in [6, 6.07) is 0. The minimum absolute atomic E-state index is 0.131. The van der Waals surface area contributed by atoms with E-state index in [1.807, 2.05) is 0 Å². The Morgan fingerprint density at radius 2 is 1.77 bits per heavy atom. The first-order valence-electron chi connectivity index (χ1n) is 5.59. The van der Waals surface area contributed by atoms with Gasteiger partial charge in [-0.15, -0.1) is 0 Å². The van der Waals surface area contributed by atoms with Crippen molar-refractivity contribution in [1.29, 1.82) is 0 Å². The zero-order chi connectivity index (χ0) is 9.26. The van der Waals surface area contributed by atoms with Crippen molar-refractivity contribution in [1.82, 2.24) is 0 Å². The van der Waals surface area contributed by atoms with Crippen molar-refractivity contribution in [2.24, 2.45) is 17.8 Å². The predicted octanol–water partition coefficient (Wildman–Crippen LogP) is 3.08. The summed E-state index contributed by atoms with van der Waals surface area (Å²) in [4.78, 5) is 4.48. The van der Waals surface area contributed by atoms with E-state index in [0.29, 0.717) is 0 Å². The van der Waals surface area contributed by atoms with E-state index < -0.39 is 0 Å². The van der Waals surface area contributed by atoms with Gasteiger partial charge < -0.3 is 0 Å². The van der Waals surface area contributed by atoms with Crippen molar-refractivity contribution in [2.45, 2.75) is 51.6 Å². The molecule has 0 spiro atoms. The van der Waals surface area contributed by atoms with Crippen LogP contribution in [-0.4, -0.2) is 11.4 Å². The van der Waals surface area contributed by atoms with Gasteiger partial charge in [0.1, 0.15) is 0 Å². The van der Waals surface area contributed by atoms with Crippen LogP contribution in [0.25, 0.3) is 0 Å². The van der Waals surface area contributed by atoms with Crippen LogP contribution >= 0.6 is 0 Å². The fourth-order valence-electron chi connectivity index (χ4n) is 3.18. The molecule has 2 aliphatic rings. The molecule has 1 N–H and O–H groups in total. The maximum atomic E-state index is 8.65. The molecule has 0 aromatic rings. The second-order valence-electron chi connectivity index (χ2n) is 4.98. The van der Waals surface area contributed by atoms with Crippen LogP contribution in [0.3, 0.4) is 0 Å². The third-order valence-electron chi connectivity index (χ3n) is 3.98. The summed E-state index contributed by atoms with van der Waals surface area (Å²) < 4.78 is 0. The van der Waals surface area contributed by atoms with Crippen LogP contribution in [-0.2, 0) is 4.89 Å². The number of rotatable bonds is 1. The van der Waals surface area contributed by atoms with Gasteiger partial charge in [0.05, 0.1) is 6.10 Å². The Morgan fingerprint density at radius 3 is 2.54 bits per heavy atom. The molecule has 0 aliphatic heterocycles. The Morgan fingerprint density at radius 1 is 1.00 bits per heavy atom. The lowest BCUT2D eigenvalue weighted by Crippen LogP contribution is -2.33. The number of fused-ring (bicyclic) bond motifs is 1. The molecular formula is C11H20O2. The van der Waals surface area contributed by atoms with E-state index in [2.05, 4.69) is 11.8 Å². The molecule has 2 rings (SSSR count). The highest BCUT2D eigenvalue weighted by Crippen LogP contribution is 2.42. The van der Waals surface area contributed by atoms with Crippen LogP contribution in [0.1, 0.15) is 45.4 Å². The second-order valence-corrected chi connectivity index (χ2v) is 4.98. The molecule has 0 saturated heterocycles. The van der Waals surface area contributed by atoms with Gasteiger partial charge in [-0.1, -0.05) is 13.3 Å². The van der Waals surface area contributed by atoms with Crippen molar-refractivity contribution in [3.8, 4) is 0 Å². The van der Waals surface area contributed by atoms with Crippen LogP contribution in [0.15, 0.2) is 0 Å². The lowest BCUT2D eigenvalue weighted by Gasteiger charge is -2.40. The molecule has 0 aromatic carbocycles. The van der Waals surface area contributed by atoms with E-state index in [-0.39, 0.29) is 6.10 Å². The van der Waals surface area contributed by atoms with Gasteiger partial charge in [0.25, 0.3) is 0 Å². The van der Waals surface area contributed by atoms with Crippen LogP contribution in [0.2, 0.25) is 0 Å². The highest BCUT2D eigenvalue weighted by Gasteiger charge is 2.34. The quantitative estimate of drug-likeness (QED) is 0.501. The van der Waals surface area contributed by atoms with Crippen molar-refractivity contribution in [3.05, 3.63) is 0 Å². The summed E-state index contributed by atoms with van der Waals surface area (Å²) in [5.41, 5.74) is 0. The largest absolute Gasteiger partial charge is 0.252 e. The molecule has 2 saturated carbocycles. The molecule has 0 bridgehead atoms. The van der Waals surface area contributed by atoms with Crippen molar-refractivity contribution < 1.29 is 10.1 Å². The van der Waals surface area contributed by atoms with Crippen LogP contribution in [0.5, 0.6) is 0 Å². The Bertz CT molecular complexity index is 169. The van der Waals surface area contributed by atoms with Crippen molar-refractivity contribution in [2.75, 3.05) is 0 Å². The van der Waals surface area contributed by atoms with Crippen molar-refractivity contribution >= 4 is 0 Å². The summed E-state index contributed by atoms with van der Waals surface area (Å²) in [6.45, 7) is 2.35. The standard InChI is InChI=1S/C11H20O2/c1-8-2-3-9-4-5-11(13-12)7-10(9)6-8/h8-12H,2-7H2,1H3. The van der Waals surface area contributed by atoms with Crippen LogP contribution in [0.4, 0.5) is 0 Å². The molecule has 2 fully saturated rings. The first-order chi connectivity index (χ1) is 6.29. The summed E-state index contributed by atoms with van der Waals surface area (Å²) in [5.74, 6) is 2.65. The SMILES string of the molecule is CC1CCC2CCC(OO)CC2C1. The molecule has 2 nitrogen and oxygen atoms in total. The normalized spacial score (nSPS) is 45.7. The molecule has 76 valence electrons. The topological polar surface area (TPSA) is 29.5 Å². The Hall–Kier alpha value is -0.0800. The summed E-state index contributed by atoms with van der Waals surface area (Å²) >= 11 is 0.